The highest BCUT2D eigenvalue weighted by molar-refractivity contribution is 9.10. The number of nitrogens with one attached hydrogen (secondary N) is 2. The lowest BCUT2D eigenvalue weighted by molar-refractivity contribution is 0.0977. The van der Waals surface area contributed by atoms with E-state index in [2.05, 4.69) is 74.4 Å². The highest BCUT2D eigenvalue weighted by Gasteiger charge is 2.11. The minimum Gasteiger partial charge on any atom is -0.340 e. The molecule has 0 saturated heterocycles. The monoisotopic (exact) mass is 516 g/mol. The molecule has 0 aliphatic carbocycles. The van der Waals surface area contributed by atoms with Crippen molar-refractivity contribution in [1.29, 1.82) is 0 Å². The number of halogens is 2. The highest BCUT2D eigenvalue weighted by atomic mass is 79.9. The molecule has 0 unspecified atom stereocenters. The number of anilines is 2. The molecule has 2 aromatic heterocycles. The zero-order valence-electron chi connectivity index (χ0n) is 18.2. The van der Waals surface area contributed by atoms with Crippen molar-refractivity contribution < 1.29 is 4.48 Å². The van der Waals surface area contributed by atoms with Crippen molar-refractivity contribution in [1.82, 2.24) is 24.4 Å². The second-order valence-corrected chi connectivity index (χ2v) is 8.87. The van der Waals surface area contributed by atoms with Crippen LogP contribution in [0, 0.1) is 0 Å². The van der Waals surface area contributed by atoms with Gasteiger partial charge in [0.15, 0.2) is 5.65 Å². The van der Waals surface area contributed by atoms with Crippen LogP contribution in [0.2, 0.25) is 0 Å². The Bertz CT molecular complexity index is 1120. The van der Waals surface area contributed by atoms with Gasteiger partial charge in [0.1, 0.15) is 5.82 Å². The third-order valence-electron chi connectivity index (χ3n) is 4.17. The van der Waals surface area contributed by atoms with Crippen molar-refractivity contribution >= 4 is 45.0 Å². The standard InChI is InChI=1S/C21H20BrN5S.C2H6FN/c1-2-12-24-28-17-10-8-16(9-11-17)25-20-13-19(15-6-4-3-5-7-15)26-21-18(22)14-23-27(20)21;1-4(2)3/h3-11,13-14,24-25H,2,12H2,1H3;1-2H3. The Balaban J connectivity index is 0.000000668. The highest BCUT2D eigenvalue weighted by Crippen LogP contribution is 2.28. The lowest BCUT2D eigenvalue weighted by Crippen LogP contribution is -2.04. The smallest absolute Gasteiger partial charge is 0.172 e. The first-order chi connectivity index (χ1) is 15.5. The van der Waals surface area contributed by atoms with E-state index in [9.17, 15) is 4.48 Å². The van der Waals surface area contributed by atoms with Gasteiger partial charge in [-0.15, -0.1) is 4.48 Å². The molecule has 168 valence electrons. The fourth-order valence-electron chi connectivity index (χ4n) is 2.77. The average molecular weight is 517 g/mol. The van der Waals surface area contributed by atoms with Crippen LogP contribution in [0.3, 0.4) is 0 Å². The Hall–Kier alpha value is -2.46. The minimum absolute atomic E-state index is 0.500. The predicted octanol–water partition coefficient (Wildman–Crippen LogP) is 6.34. The van der Waals surface area contributed by atoms with E-state index in [1.54, 1.807) is 18.1 Å². The van der Waals surface area contributed by atoms with Crippen LogP contribution in [0.25, 0.3) is 16.9 Å². The number of benzene rings is 2. The lowest BCUT2D eigenvalue weighted by atomic mass is 10.1. The number of hydrogen-bond donors (Lipinski definition) is 2. The summed E-state index contributed by atoms with van der Waals surface area (Å²) in [6, 6.07) is 20.5. The molecular formula is C23H26BrFN6S. The van der Waals surface area contributed by atoms with E-state index in [1.165, 1.54) is 19.0 Å². The van der Waals surface area contributed by atoms with Gasteiger partial charge in [0.05, 0.1) is 16.4 Å². The van der Waals surface area contributed by atoms with Crippen molar-refractivity contribution in [2.45, 2.75) is 18.2 Å². The second kappa shape index (κ2) is 12.0. The Labute approximate surface area is 200 Å². The molecule has 0 fully saturated rings. The third-order valence-corrected chi connectivity index (χ3v) is 5.58. The van der Waals surface area contributed by atoms with Gasteiger partial charge in [0.2, 0.25) is 0 Å². The van der Waals surface area contributed by atoms with Crippen LogP contribution in [0.5, 0.6) is 0 Å². The summed E-state index contributed by atoms with van der Waals surface area (Å²) < 4.78 is 16.8. The first-order valence-electron chi connectivity index (χ1n) is 10.2. The maximum Gasteiger partial charge on any atom is 0.172 e. The third kappa shape index (κ3) is 6.77. The van der Waals surface area contributed by atoms with E-state index in [0.29, 0.717) is 5.12 Å². The summed E-state index contributed by atoms with van der Waals surface area (Å²) in [6.07, 6.45) is 2.88. The van der Waals surface area contributed by atoms with Crippen molar-refractivity contribution in [3.8, 4) is 11.3 Å². The molecule has 2 aromatic carbocycles. The fourth-order valence-corrected chi connectivity index (χ4v) is 3.87. The van der Waals surface area contributed by atoms with Crippen LogP contribution >= 0.6 is 27.9 Å². The SMILES string of the molecule is CCCNSc1ccc(Nc2cc(-c3ccccc3)nc3c(Br)cnn23)cc1.CN(C)F. The zero-order valence-corrected chi connectivity index (χ0v) is 20.6. The molecule has 4 rings (SSSR count). The molecule has 2 heterocycles. The van der Waals surface area contributed by atoms with Crippen LogP contribution in [0.15, 0.2) is 76.2 Å². The summed E-state index contributed by atoms with van der Waals surface area (Å²) in [6.45, 7) is 3.16. The molecule has 0 atom stereocenters. The summed E-state index contributed by atoms with van der Waals surface area (Å²) in [5.74, 6) is 0.860. The molecule has 0 aliphatic rings. The summed E-state index contributed by atoms with van der Waals surface area (Å²) in [5, 5.41) is 8.42. The molecule has 0 spiro atoms. The minimum atomic E-state index is 0.500. The topological polar surface area (TPSA) is 57.5 Å². The van der Waals surface area contributed by atoms with Gasteiger partial charge >= 0.3 is 0 Å². The van der Waals surface area contributed by atoms with E-state index in [1.807, 2.05) is 28.8 Å². The molecule has 4 aromatic rings. The van der Waals surface area contributed by atoms with Gasteiger partial charge in [-0.25, -0.2) is 4.98 Å². The summed E-state index contributed by atoms with van der Waals surface area (Å²) in [4.78, 5) is 5.95. The maximum absolute atomic E-state index is 10.8. The van der Waals surface area contributed by atoms with Crippen molar-refractivity contribution in [3.05, 3.63) is 71.3 Å². The molecule has 0 aliphatic heterocycles. The molecule has 0 amide bonds. The van der Waals surface area contributed by atoms with E-state index in [0.717, 1.165) is 45.8 Å². The molecule has 9 heteroatoms. The second-order valence-electron chi connectivity index (χ2n) is 7.05. The van der Waals surface area contributed by atoms with Crippen LogP contribution in [-0.2, 0) is 0 Å². The van der Waals surface area contributed by atoms with Crippen molar-refractivity contribution in [2.24, 2.45) is 0 Å². The summed E-state index contributed by atoms with van der Waals surface area (Å²) >= 11 is 5.20. The molecule has 32 heavy (non-hydrogen) atoms. The number of nitrogens with zero attached hydrogens (tertiary/aromatic N) is 4. The van der Waals surface area contributed by atoms with Gasteiger partial charge in [-0.1, -0.05) is 37.3 Å². The molecule has 0 bridgehead atoms. The van der Waals surface area contributed by atoms with Crippen molar-refractivity contribution in [3.63, 3.8) is 0 Å². The first kappa shape index (κ1) is 24.2. The first-order valence-corrected chi connectivity index (χ1v) is 11.8. The number of hydrogen-bond acceptors (Lipinski definition) is 6. The molecule has 2 N–H and O–H groups in total. The Morgan fingerprint density at radius 2 is 1.78 bits per heavy atom. The maximum atomic E-state index is 10.8. The Kier molecular flexibility index (Phi) is 9.04. The van der Waals surface area contributed by atoms with Crippen LogP contribution < -0.4 is 10.0 Å². The van der Waals surface area contributed by atoms with Gasteiger partial charge in [0, 0.05) is 42.9 Å². The van der Waals surface area contributed by atoms with E-state index < -0.39 is 0 Å². The fraction of sp³-hybridized carbons (Fsp3) is 0.217. The number of rotatable bonds is 7. The van der Waals surface area contributed by atoms with Gasteiger partial charge in [0.25, 0.3) is 0 Å². The number of aromatic nitrogens is 3. The molecule has 6 nitrogen and oxygen atoms in total. The predicted molar refractivity (Wildman–Crippen MR) is 135 cm³/mol. The van der Waals surface area contributed by atoms with Gasteiger partial charge in [-0.05, 0) is 58.6 Å². The van der Waals surface area contributed by atoms with Crippen LogP contribution in [0.1, 0.15) is 13.3 Å². The van der Waals surface area contributed by atoms with Gasteiger partial charge in [-0.2, -0.15) is 14.7 Å². The summed E-state index contributed by atoms with van der Waals surface area (Å²) in [7, 11) is 2.67. The quantitative estimate of drug-likeness (QED) is 0.170. The average Bonchev–Trinajstić information content (AvgIpc) is 3.16. The number of fused-ring (bicyclic) bond motifs is 1. The van der Waals surface area contributed by atoms with E-state index in [-0.39, 0.29) is 0 Å². The van der Waals surface area contributed by atoms with Crippen LogP contribution in [0.4, 0.5) is 16.0 Å². The van der Waals surface area contributed by atoms with E-state index >= 15 is 0 Å². The Morgan fingerprint density at radius 3 is 2.44 bits per heavy atom. The van der Waals surface area contributed by atoms with Crippen molar-refractivity contribution in [2.75, 3.05) is 26.0 Å². The van der Waals surface area contributed by atoms with Gasteiger partial charge < -0.3 is 5.32 Å². The lowest BCUT2D eigenvalue weighted by Gasteiger charge is -2.11. The Morgan fingerprint density at radius 1 is 1.09 bits per heavy atom. The molecular weight excluding hydrogens is 491 g/mol. The normalized spacial score (nSPS) is 10.8. The van der Waals surface area contributed by atoms with Crippen LogP contribution in [-0.4, -0.2) is 40.4 Å². The van der Waals surface area contributed by atoms with E-state index in [4.69, 9.17) is 4.98 Å². The van der Waals surface area contributed by atoms with Gasteiger partial charge in [-0.3, -0.25) is 4.72 Å². The largest absolute Gasteiger partial charge is 0.340 e. The molecule has 0 radical (unpaired) electrons. The molecule has 0 saturated carbocycles. The summed E-state index contributed by atoms with van der Waals surface area (Å²) in [5.41, 5.74) is 3.74. The zero-order chi connectivity index (χ0) is 22.9.